The fourth-order valence-corrected chi connectivity index (χ4v) is 1.48. The van der Waals surface area contributed by atoms with E-state index in [4.69, 9.17) is 5.73 Å². The third kappa shape index (κ3) is 3.27. The van der Waals surface area contributed by atoms with Crippen molar-refractivity contribution < 1.29 is 14.3 Å². The Kier molecular flexibility index (Phi) is 5.25. The molecule has 0 saturated heterocycles. The molecule has 3 N–H and O–H groups in total. The van der Waals surface area contributed by atoms with E-state index in [2.05, 4.69) is 20.4 Å². The summed E-state index contributed by atoms with van der Waals surface area (Å²) < 4.78 is 6.12. The Labute approximate surface area is 104 Å². The van der Waals surface area contributed by atoms with Crippen LogP contribution in [0, 0.1) is 0 Å². The molecule has 0 spiro atoms. The zero-order chi connectivity index (χ0) is 13.5. The average Bonchev–Trinajstić information content (AvgIpc) is 2.78. The fourth-order valence-electron chi connectivity index (χ4n) is 1.48. The third-order valence-corrected chi connectivity index (χ3v) is 2.43. The zero-order valence-electron chi connectivity index (χ0n) is 10.5. The van der Waals surface area contributed by atoms with Crippen LogP contribution in [0.3, 0.4) is 0 Å². The van der Waals surface area contributed by atoms with Gasteiger partial charge in [-0.25, -0.2) is 9.48 Å². The Morgan fingerprint density at radius 2 is 2.22 bits per heavy atom. The molecular formula is C10H17N5O3. The van der Waals surface area contributed by atoms with Crippen LogP contribution in [0.1, 0.15) is 22.6 Å². The standard InChI is InChI=1S/C10H17N5O3/c1-12-8(16)4-6-15-7(3-5-11)9(13-14-15)10(17)18-2/h3-6,11H2,1-2H3,(H,12,16). The number of nitrogens with one attached hydrogen (secondary N) is 1. The van der Waals surface area contributed by atoms with E-state index in [9.17, 15) is 9.59 Å². The van der Waals surface area contributed by atoms with Crippen molar-refractivity contribution in [3.8, 4) is 0 Å². The fraction of sp³-hybridized carbons (Fsp3) is 0.600. The smallest absolute Gasteiger partial charge is 0.360 e. The Bertz CT molecular complexity index is 429. The van der Waals surface area contributed by atoms with Crippen molar-refractivity contribution in [1.29, 1.82) is 0 Å². The maximum atomic E-state index is 11.5. The molecule has 18 heavy (non-hydrogen) atoms. The molecule has 0 aliphatic carbocycles. The minimum absolute atomic E-state index is 0.108. The van der Waals surface area contributed by atoms with Crippen molar-refractivity contribution in [2.24, 2.45) is 5.73 Å². The summed E-state index contributed by atoms with van der Waals surface area (Å²) in [6, 6.07) is 0. The molecule has 0 aliphatic rings. The lowest BCUT2D eigenvalue weighted by atomic mass is 10.2. The number of rotatable bonds is 6. The number of esters is 1. The van der Waals surface area contributed by atoms with Crippen molar-refractivity contribution in [2.75, 3.05) is 20.7 Å². The highest BCUT2D eigenvalue weighted by molar-refractivity contribution is 5.88. The number of aryl methyl sites for hydroxylation is 1. The predicted octanol–water partition coefficient (Wildman–Crippen LogP) is -1.30. The molecule has 8 heteroatoms. The molecule has 0 fully saturated rings. The first-order valence-electron chi connectivity index (χ1n) is 5.55. The van der Waals surface area contributed by atoms with E-state index < -0.39 is 5.97 Å². The van der Waals surface area contributed by atoms with Gasteiger partial charge < -0.3 is 15.8 Å². The van der Waals surface area contributed by atoms with E-state index in [1.54, 1.807) is 7.05 Å². The van der Waals surface area contributed by atoms with Crippen molar-refractivity contribution in [3.05, 3.63) is 11.4 Å². The second-order valence-electron chi connectivity index (χ2n) is 3.56. The summed E-state index contributed by atoms with van der Waals surface area (Å²) in [5.41, 5.74) is 6.22. The Hall–Kier alpha value is -1.96. The second-order valence-corrected chi connectivity index (χ2v) is 3.56. The minimum Gasteiger partial charge on any atom is -0.464 e. The number of hydrogen-bond donors (Lipinski definition) is 2. The van der Waals surface area contributed by atoms with Gasteiger partial charge in [-0.05, 0) is 6.54 Å². The Morgan fingerprint density at radius 1 is 1.50 bits per heavy atom. The highest BCUT2D eigenvalue weighted by atomic mass is 16.5. The first-order chi connectivity index (χ1) is 8.63. The largest absolute Gasteiger partial charge is 0.464 e. The van der Waals surface area contributed by atoms with E-state index >= 15 is 0 Å². The van der Waals surface area contributed by atoms with E-state index in [0.717, 1.165) is 0 Å². The number of carbonyl (C=O) groups is 2. The molecule has 0 saturated carbocycles. The molecule has 0 unspecified atom stereocenters. The van der Waals surface area contributed by atoms with Crippen LogP contribution in [-0.4, -0.2) is 47.6 Å². The van der Waals surface area contributed by atoms with Crippen LogP contribution in [0.4, 0.5) is 0 Å². The van der Waals surface area contributed by atoms with Gasteiger partial charge in [-0.15, -0.1) is 5.10 Å². The SMILES string of the molecule is CNC(=O)CCn1nnc(C(=O)OC)c1CCN. The van der Waals surface area contributed by atoms with Crippen molar-refractivity contribution in [3.63, 3.8) is 0 Å². The zero-order valence-corrected chi connectivity index (χ0v) is 10.5. The lowest BCUT2D eigenvalue weighted by Gasteiger charge is -2.05. The molecule has 1 heterocycles. The average molecular weight is 255 g/mol. The Morgan fingerprint density at radius 3 is 2.78 bits per heavy atom. The van der Waals surface area contributed by atoms with Crippen LogP contribution in [0.25, 0.3) is 0 Å². The molecule has 1 aromatic heterocycles. The van der Waals surface area contributed by atoms with Crippen molar-refractivity contribution >= 4 is 11.9 Å². The molecule has 0 radical (unpaired) electrons. The van der Waals surface area contributed by atoms with Gasteiger partial charge in [0.2, 0.25) is 5.91 Å². The normalized spacial score (nSPS) is 10.2. The van der Waals surface area contributed by atoms with Gasteiger partial charge in [0.05, 0.1) is 19.3 Å². The summed E-state index contributed by atoms with van der Waals surface area (Å²) in [7, 11) is 2.84. The van der Waals surface area contributed by atoms with Gasteiger partial charge in [-0.2, -0.15) is 0 Å². The van der Waals surface area contributed by atoms with Gasteiger partial charge in [-0.3, -0.25) is 4.79 Å². The van der Waals surface area contributed by atoms with E-state index in [1.165, 1.54) is 11.8 Å². The van der Waals surface area contributed by atoms with Crippen molar-refractivity contribution in [1.82, 2.24) is 20.3 Å². The predicted molar refractivity (Wildman–Crippen MR) is 62.8 cm³/mol. The first-order valence-corrected chi connectivity index (χ1v) is 5.55. The van der Waals surface area contributed by atoms with Crippen molar-refractivity contribution in [2.45, 2.75) is 19.4 Å². The third-order valence-electron chi connectivity index (χ3n) is 2.43. The number of aromatic nitrogens is 3. The van der Waals surface area contributed by atoms with Crippen LogP contribution in [-0.2, 0) is 22.5 Å². The number of ether oxygens (including phenoxy) is 1. The molecule has 0 aliphatic heterocycles. The number of methoxy groups -OCH3 is 1. The van der Waals surface area contributed by atoms with Gasteiger partial charge in [-0.1, -0.05) is 5.21 Å². The number of nitrogens with zero attached hydrogens (tertiary/aromatic N) is 3. The lowest BCUT2D eigenvalue weighted by Crippen LogP contribution is -2.21. The highest BCUT2D eigenvalue weighted by Crippen LogP contribution is 2.08. The van der Waals surface area contributed by atoms with Gasteiger partial charge in [0.15, 0.2) is 5.69 Å². The van der Waals surface area contributed by atoms with Crippen LogP contribution < -0.4 is 11.1 Å². The van der Waals surface area contributed by atoms with Gasteiger partial charge in [0.1, 0.15) is 0 Å². The monoisotopic (exact) mass is 255 g/mol. The second kappa shape index (κ2) is 6.70. The van der Waals surface area contributed by atoms with Gasteiger partial charge >= 0.3 is 5.97 Å². The molecule has 100 valence electrons. The number of nitrogens with two attached hydrogens (primary N) is 1. The Balaban J connectivity index is 2.87. The molecule has 0 bridgehead atoms. The van der Waals surface area contributed by atoms with E-state index in [-0.39, 0.29) is 18.0 Å². The number of hydrogen-bond acceptors (Lipinski definition) is 6. The lowest BCUT2D eigenvalue weighted by molar-refractivity contribution is -0.120. The topological polar surface area (TPSA) is 112 Å². The van der Waals surface area contributed by atoms with Gasteiger partial charge in [0, 0.05) is 19.9 Å². The number of amides is 1. The van der Waals surface area contributed by atoms with Crippen LogP contribution in [0.15, 0.2) is 0 Å². The number of carbonyl (C=O) groups excluding carboxylic acids is 2. The maximum Gasteiger partial charge on any atom is 0.360 e. The molecule has 1 amide bonds. The summed E-state index contributed by atoms with van der Waals surface area (Å²) in [6.45, 7) is 0.705. The quantitative estimate of drug-likeness (QED) is 0.611. The van der Waals surface area contributed by atoms with Crippen LogP contribution in [0.2, 0.25) is 0 Å². The summed E-state index contributed by atoms with van der Waals surface area (Å²) in [5, 5.41) is 10.1. The minimum atomic E-state index is -0.551. The maximum absolute atomic E-state index is 11.5. The van der Waals surface area contributed by atoms with Crippen LogP contribution >= 0.6 is 0 Å². The molecule has 0 aromatic carbocycles. The highest BCUT2D eigenvalue weighted by Gasteiger charge is 2.19. The summed E-state index contributed by atoms with van der Waals surface area (Å²) in [4.78, 5) is 22.6. The molecule has 1 rings (SSSR count). The van der Waals surface area contributed by atoms with E-state index in [0.29, 0.717) is 25.2 Å². The molecule has 1 aromatic rings. The van der Waals surface area contributed by atoms with Gasteiger partial charge in [0.25, 0.3) is 0 Å². The molecule has 0 atom stereocenters. The van der Waals surface area contributed by atoms with E-state index in [1.807, 2.05) is 0 Å². The molecular weight excluding hydrogens is 238 g/mol. The van der Waals surface area contributed by atoms with Crippen LogP contribution in [0.5, 0.6) is 0 Å². The molecule has 8 nitrogen and oxygen atoms in total. The first kappa shape index (κ1) is 14.1. The summed E-state index contributed by atoms with van der Waals surface area (Å²) in [5.74, 6) is -0.659. The summed E-state index contributed by atoms with van der Waals surface area (Å²) >= 11 is 0. The summed E-state index contributed by atoms with van der Waals surface area (Å²) in [6.07, 6.45) is 0.712.